The van der Waals surface area contributed by atoms with E-state index < -0.39 is 0 Å². The van der Waals surface area contributed by atoms with Crippen LogP contribution in [0.4, 0.5) is 0 Å². The standard InChI is InChI=1S/C19H27N3O5/c1-21-4-6-22(7-5-21)11-14-10-15(27-20-14)8-13-9-16(23-2)18-19(17(13)24-3)26-12-25-18/h9,15H,4-8,10-12H2,1-3H3. The Labute approximate surface area is 159 Å². The van der Waals surface area contributed by atoms with E-state index in [1.165, 1.54) is 0 Å². The van der Waals surface area contributed by atoms with Gasteiger partial charge in [0.2, 0.25) is 18.3 Å². The van der Waals surface area contributed by atoms with E-state index in [0.29, 0.717) is 29.4 Å². The van der Waals surface area contributed by atoms with Crippen LogP contribution < -0.4 is 18.9 Å². The van der Waals surface area contributed by atoms with Gasteiger partial charge in [-0.15, -0.1) is 0 Å². The third-order valence-electron chi connectivity index (χ3n) is 5.31. The summed E-state index contributed by atoms with van der Waals surface area (Å²) in [6.45, 7) is 5.41. The number of ether oxygens (including phenoxy) is 4. The maximum absolute atomic E-state index is 5.71. The van der Waals surface area contributed by atoms with Gasteiger partial charge in [-0.3, -0.25) is 4.90 Å². The largest absolute Gasteiger partial charge is 0.493 e. The van der Waals surface area contributed by atoms with E-state index in [1.54, 1.807) is 14.2 Å². The molecule has 0 N–H and O–H groups in total. The van der Waals surface area contributed by atoms with E-state index in [9.17, 15) is 0 Å². The van der Waals surface area contributed by atoms with Crippen LogP contribution in [0, 0.1) is 0 Å². The van der Waals surface area contributed by atoms with Crippen molar-refractivity contribution in [2.75, 3.05) is 60.8 Å². The zero-order valence-corrected chi connectivity index (χ0v) is 16.2. The molecule has 0 aliphatic carbocycles. The molecule has 8 nitrogen and oxygen atoms in total. The molecule has 0 spiro atoms. The van der Waals surface area contributed by atoms with E-state index in [-0.39, 0.29) is 12.9 Å². The van der Waals surface area contributed by atoms with Crippen molar-refractivity contribution in [3.05, 3.63) is 11.6 Å². The van der Waals surface area contributed by atoms with E-state index >= 15 is 0 Å². The summed E-state index contributed by atoms with van der Waals surface area (Å²) in [7, 11) is 5.42. The Kier molecular flexibility index (Phi) is 5.27. The number of rotatable bonds is 6. The summed E-state index contributed by atoms with van der Waals surface area (Å²) in [6.07, 6.45) is 1.49. The number of nitrogens with zero attached hydrogens (tertiary/aromatic N) is 3. The molecule has 0 saturated carbocycles. The molecule has 8 heteroatoms. The molecular formula is C19H27N3O5. The highest BCUT2D eigenvalue weighted by Crippen LogP contribution is 2.49. The van der Waals surface area contributed by atoms with Crippen molar-refractivity contribution in [3.63, 3.8) is 0 Å². The van der Waals surface area contributed by atoms with Gasteiger partial charge in [-0.05, 0) is 13.1 Å². The smallest absolute Gasteiger partial charge is 0.231 e. The third-order valence-corrected chi connectivity index (χ3v) is 5.31. The zero-order valence-electron chi connectivity index (χ0n) is 16.2. The van der Waals surface area contributed by atoms with E-state index in [2.05, 4.69) is 22.0 Å². The van der Waals surface area contributed by atoms with Crippen molar-refractivity contribution < 1.29 is 23.8 Å². The summed E-state index contributed by atoms with van der Waals surface area (Å²) >= 11 is 0. The number of hydrogen-bond donors (Lipinski definition) is 0. The van der Waals surface area contributed by atoms with E-state index in [4.69, 9.17) is 23.8 Å². The predicted molar refractivity (Wildman–Crippen MR) is 100 cm³/mol. The molecule has 1 atom stereocenters. The Morgan fingerprint density at radius 2 is 1.89 bits per heavy atom. The number of likely N-dealkylation sites (N-methyl/N-ethyl adjacent to an activating group) is 1. The molecule has 0 aromatic heterocycles. The maximum Gasteiger partial charge on any atom is 0.231 e. The third kappa shape index (κ3) is 3.77. The molecule has 27 heavy (non-hydrogen) atoms. The Bertz CT molecular complexity index is 716. The van der Waals surface area contributed by atoms with Crippen LogP contribution >= 0.6 is 0 Å². The predicted octanol–water partition coefficient (Wildman–Crippen LogP) is 1.37. The molecule has 0 amide bonds. The van der Waals surface area contributed by atoms with Crippen molar-refractivity contribution in [2.24, 2.45) is 5.16 Å². The zero-order chi connectivity index (χ0) is 18.8. The van der Waals surface area contributed by atoms with Gasteiger partial charge in [0.25, 0.3) is 0 Å². The fourth-order valence-electron chi connectivity index (χ4n) is 3.79. The van der Waals surface area contributed by atoms with Crippen molar-refractivity contribution >= 4 is 5.71 Å². The first kappa shape index (κ1) is 18.2. The van der Waals surface area contributed by atoms with Crippen LogP contribution in [0.5, 0.6) is 23.0 Å². The lowest BCUT2D eigenvalue weighted by molar-refractivity contribution is 0.0852. The average Bonchev–Trinajstić information content (AvgIpc) is 3.33. The van der Waals surface area contributed by atoms with Crippen LogP contribution in [-0.2, 0) is 11.3 Å². The summed E-state index contributed by atoms with van der Waals surface area (Å²) in [5, 5.41) is 4.33. The molecule has 1 unspecified atom stereocenters. The minimum Gasteiger partial charge on any atom is -0.493 e. The van der Waals surface area contributed by atoms with Gasteiger partial charge in [-0.2, -0.15) is 0 Å². The van der Waals surface area contributed by atoms with Crippen molar-refractivity contribution in [3.8, 4) is 23.0 Å². The Morgan fingerprint density at radius 1 is 1.11 bits per heavy atom. The second-order valence-electron chi connectivity index (χ2n) is 7.21. The van der Waals surface area contributed by atoms with Crippen molar-refractivity contribution in [1.29, 1.82) is 0 Å². The lowest BCUT2D eigenvalue weighted by Gasteiger charge is -2.32. The highest BCUT2D eigenvalue weighted by Gasteiger charge is 2.30. The molecular weight excluding hydrogens is 350 g/mol. The van der Waals surface area contributed by atoms with Crippen molar-refractivity contribution in [2.45, 2.75) is 18.9 Å². The number of benzene rings is 1. The quantitative estimate of drug-likeness (QED) is 0.742. The molecule has 3 heterocycles. The highest BCUT2D eigenvalue weighted by molar-refractivity contribution is 5.87. The molecule has 1 aromatic rings. The molecule has 3 aliphatic heterocycles. The first-order valence-corrected chi connectivity index (χ1v) is 9.34. The van der Waals surface area contributed by atoms with Gasteiger partial charge in [0.1, 0.15) is 6.10 Å². The van der Waals surface area contributed by atoms with Crippen LogP contribution in [0.25, 0.3) is 0 Å². The topological polar surface area (TPSA) is 65.0 Å². The van der Waals surface area contributed by atoms with Crippen LogP contribution in [0.1, 0.15) is 12.0 Å². The second kappa shape index (κ2) is 7.82. The van der Waals surface area contributed by atoms with Gasteiger partial charge in [0.05, 0.1) is 19.9 Å². The van der Waals surface area contributed by atoms with Gasteiger partial charge in [0.15, 0.2) is 11.5 Å². The lowest BCUT2D eigenvalue weighted by atomic mass is 10.0. The summed E-state index contributed by atoms with van der Waals surface area (Å²) in [5.41, 5.74) is 2.08. The number of fused-ring (bicyclic) bond motifs is 1. The van der Waals surface area contributed by atoms with Crippen LogP contribution in [0.3, 0.4) is 0 Å². The normalized spacial score (nSPS) is 22.5. The number of piperazine rings is 1. The Balaban J connectivity index is 1.40. The summed E-state index contributed by atoms with van der Waals surface area (Å²) in [4.78, 5) is 10.5. The monoisotopic (exact) mass is 377 g/mol. The summed E-state index contributed by atoms with van der Waals surface area (Å²) in [6, 6.07) is 1.94. The van der Waals surface area contributed by atoms with Crippen LogP contribution in [0.2, 0.25) is 0 Å². The number of oxime groups is 1. The molecule has 1 saturated heterocycles. The molecule has 3 aliphatic rings. The van der Waals surface area contributed by atoms with E-state index in [0.717, 1.165) is 50.4 Å². The Morgan fingerprint density at radius 3 is 2.63 bits per heavy atom. The van der Waals surface area contributed by atoms with E-state index in [1.807, 2.05) is 6.07 Å². The minimum absolute atomic E-state index is 0.00792. The van der Waals surface area contributed by atoms with Gasteiger partial charge in [-0.1, -0.05) is 5.16 Å². The molecule has 1 fully saturated rings. The molecule has 1 aromatic carbocycles. The summed E-state index contributed by atoms with van der Waals surface area (Å²) in [5.74, 6) is 2.52. The van der Waals surface area contributed by atoms with Gasteiger partial charge in [0, 0.05) is 51.1 Å². The molecule has 4 rings (SSSR count). The molecule has 0 radical (unpaired) electrons. The average molecular weight is 377 g/mol. The van der Waals surface area contributed by atoms with Crippen LogP contribution in [0.15, 0.2) is 11.2 Å². The molecule has 0 bridgehead atoms. The van der Waals surface area contributed by atoms with Crippen LogP contribution in [-0.4, -0.2) is 82.4 Å². The lowest BCUT2D eigenvalue weighted by Crippen LogP contribution is -2.46. The fourth-order valence-corrected chi connectivity index (χ4v) is 3.79. The van der Waals surface area contributed by atoms with Gasteiger partial charge in [-0.25, -0.2) is 0 Å². The van der Waals surface area contributed by atoms with Gasteiger partial charge < -0.3 is 28.7 Å². The minimum atomic E-state index is -0.00792. The number of methoxy groups -OCH3 is 2. The maximum atomic E-state index is 5.71. The van der Waals surface area contributed by atoms with Crippen molar-refractivity contribution in [1.82, 2.24) is 9.80 Å². The summed E-state index contributed by atoms with van der Waals surface area (Å²) < 4.78 is 22.1. The van der Waals surface area contributed by atoms with Gasteiger partial charge >= 0.3 is 0 Å². The highest BCUT2D eigenvalue weighted by atomic mass is 16.7. The fraction of sp³-hybridized carbons (Fsp3) is 0.632. The first-order chi connectivity index (χ1) is 13.2. The first-order valence-electron chi connectivity index (χ1n) is 9.34. The molecule has 148 valence electrons. The second-order valence-corrected chi connectivity index (χ2v) is 7.21. The Hall–Kier alpha value is -2.19. The number of hydrogen-bond acceptors (Lipinski definition) is 8. The SMILES string of the molecule is COc1cc(CC2CC(CN3CCN(C)CC3)=NO2)c(OC)c2c1OCO2.